The number of carbonyl (C=O) groups excluding carboxylic acids is 2. The number of carbonyl (C=O) groups is 2. The third kappa shape index (κ3) is 4.16. The summed E-state index contributed by atoms with van der Waals surface area (Å²) >= 11 is 0. The monoisotopic (exact) mass is 459 g/mol. The van der Waals surface area contributed by atoms with Crippen LogP contribution < -0.4 is 0 Å². The van der Waals surface area contributed by atoms with Crippen LogP contribution in [0.1, 0.15) is 47.2 Å². The van der Waals surface area contributed by atoms with Crippen LogP contribution in [0.5, 0.6) is 0 Å². The minimum Gasteiger partial charge on any atom is -0.294 e. The van der Waals surface area contributed by atoms with Gasteiger partial charge in [-0.1, -0.05) is 24.3 Å². The molecule has 5 rings (SSSR count). The van der Waals surface area contributed by atoms with Gasteiger partial charge < -0.3 is 0 Å². The first-order valence-corrected chi connectivity index (χ1v) is 11.4. The molecule has 0 bridgehead atoms. The van der Waals surface area contributed by atoms with Crippen LogP contribution in [0.3, 0.4) is 0 Å². The number of Topliss-reactive ketones (excluding diaryl/α,β-unsaturated/α-hetero) is 1. The molecule has 0 spiro atoms. The third-order valence-corrected chi connectivity index (χ3v) is 6.75. The number of aromatic nitrogens is 1. The van der Waals surface area contributed by atoms with Gasteiger partial charge >= 0.3 is 6.17 Å². The first kappa shape index (κ1) is 22.1. The number of aryl methyl sites for hydroxylation is 2. The van der Waals surface area contributed by atoms with E-state index in [0.29, 0.717) is 16.5 Å². The molecule has 0 radical (unpaired) electrons. The summed E-state index contributed by atoms with van der Waals surface area (Å²) in [6.45, 7) is 6.33. The Morgan fingerprint density at radius 1 is 1.06 bits per heavy atom. The third-order valence-electron chi connectivity index (χ3n) is 6.75. The Morgan fingerprint density at radius 3 is 2.65 bits per heavy atom. The number of rotatable bonds is 5. The summed E-state index contributed by atoms with van der Waals surface area (Å²) in [5, 5.41) is 0.699. The van der Waals surface area contributed by atoms with Crippen molar-refractivity contribution in [3.8, 4) is 11.1 Å². The lowest BCUT2D eigenvalue weighted by molar-refractivity contribution is -0.132. The fraction of sp³-hybridized carbons (Fsp3) is 0.333. The first-order chi connectivity index (χ1) is 16.3. The van der Waals surface area contributed by atoms with E-state index in [1.807, 2.05) is 18.2 Å². The standard InChI is InChI=1S/C27H23F2N3O2/c1-30-25-15-27(28,29)16-32(25)26(34)10-9-24(33)21-11-12-31-23-8-7-20(14-22(21)23)19-6-5-17-3-2-4-18(17)13-19/h5-8,11-14,25H,2-4,9-10,15-16H2/t25-/m0/s1. The molecule has 1 amide bonds. The number of fused-ring (bicyclic) bond motifs is 2. The van der Waals surface area contributed by atoms with E-state index >= 15 is 0 Å². The molecule has 2 aromatic carbocycles. The average molecular weight is 459 g/mol. The molecule has 2 aliphatic rings. The van der Waals surface area contributed by atoms with Crippen LogP contribution in [0.2, 0.25) is 0 Å². The molecule has 0 unspecified atom stereocenters. The van der Waals surface area contributed by atoms with Crippen molar-refractivity contribution in [2.24, 2.45) is 0 Å². The first-order valence-electron chi connectivity index (χ1n) is 11.4. The van der Waals surface area contributed by atoms with Gasteiger partial charge in [0.05, 0.1) is 12.1 Å². The van der Waals surface area contributed by atoms with Crippen molar-refractivity contribution in [1.29, 1.82) is 0 Å². The lowest BCUT2D eigenvalue weighted by atomic mass is 9.96. The zero-order valence-corrected chi connectivity index (χ0v) is 18.6. The molecule has 1 atom stereocenters. The van der Waals surface area contributed by atoms with Gasteiger partial charge in [-0.25, -0.2) is 15.4 Å². The van der Waals surface area contributed by atoms with Crippen LogP contribution in [-0.2, 0) is 17.6 Å². The summed E-state index contributed by atoms with van der Waals surface area (Å²) in [5.41, 5.74) is 5.95. The predicted molar refractivity (Wildman–Crippen MR) is 124 cm³/mol. The van der Waals surface area contributed by atoms with E-state index in [4.69, 9.17) is 6.57 Å². The minimum absolute atomic E-state index is 0.117. The molecule has 1 aliphatic heterocycles. The Labute approximate surface area is 196 Å². The van der Waals surface area contributed by atoms with Crippen molar-refractivity contribution in [3.05, 3.63) is 76.8 Å². The molecule has 7 heteroatoms. The molecule has 1 aliphatic carbocycles. The number of pyridine rings is 1. The molecule has 0 saturated carbocycles. The summed E-state index contributed by atoms with van der Waals surface area (Å²) in [5.74, 6) is -3.91. The van der Waals surface area contributed by atoms with Crippen molar-refractivity contribution in [3.63, 3.8) is 0 Å². The van der Waals surface area contributed by atoms with Gasteiger partial charge in [0.2, 0.25) is 5.91 Å². The molecule has 172 valence electrons. The Balaban J connectivity index is 1.37. The predicted octanol–water partition coefficient (Wildman–Crippen LogP) is 5.47. The van der Waals surface area contributed by atoms with Crippen molar-refractivity contribution < 1.29 is 18.4 Å². The van der Waals surface area contributed by atoms with Crippen LogP contribution >= 0.6 is 0 Å². The second kappa shape index (κ2) is 8.60. The van der Waals surface area contributed by atoms with Crippen LogP contribution in [0.4, 0.5) is 8.78 Å². The number of likely N-dealkylation sites (tertiary alicyclic amines) is 1. The fourth-order valence-electron chi connectivity index (χ4n) is 4.99. The molecule has 1 fully saturated rings. The number of amides is 1. The van der Waals surface area contributed by atoms with Gasteiger partial charge in [-0.3, -0.25) is 24.3 Å². The zero-order chi connectivity index (χ0) is 23.9. The Kier molecular flexibility index (Phi) is 5.60. The number of nitrogens with zero attached hydrogens (tertiary/aromatic N) is 3. The average Bonchev–Trinajstić information content (AvgIpc) is 3.44. The topological polar surface area (TPSA) is 54.6 Å². The number of ketones is 1. The summed E-state index contributed by atoms with van der Waals surface area (Å²) < 4.78 is 27.3. The van der Waals surface area contributed by atoms with Gasteiger partial charge in [0.1, 0.15) is 6.42 Å². The molecular weight excluding hydrogens is 436 g/mol. The van der Waals surface area contributed by atoms with Crippen molar-refractivity contribution in [1.82, 2.24) is 9.88 Å². The molecular formula is C27H23F2N3O2. The highest BCUT2D eigenvalue weighted by Crippen LogP contribution is 2.34. The number of hydrogen-bond acceptors (Lipinski definition) is 3. The maximum absolute atomic E-state index is 13.7. The van der Waals surface area contributed by atoms with E-state index in [0.717, 1.165) is 28.9 Å². The SMILES string of the molecule is [C-]#[N+][C@@H]1CC(F)(F)CN1C(=O)CCC(=O)c1ccnc2ccc(-c3ccc4c(c3)CCC4)cc12. The summed E-state index contributed by atoms with van der Waals surface area (Å²) in [6, 6.07) is 13.9. The lowest BCUT2D eigenvalue weighted by Crippen LogP contribution is -2.35. The van der Waals surface area contributed by atoms with Gasteiger partial charge in [0, 0.05) is 30.0 Å². The van der Waals surface area contributed by atoms with E-state index < -0.39 is 31.0 Å². The second-order valence-electron chi connectivity index (χ2n) is 9.04. The highest BCUT2D eigenvalue weighted by molar-refractivity contribution is 6.08. The normalized spacial score (nSPS) is 18.6. The van der Waals surface area contributed by atoms with Crippen molar-refractivity contribution in [2.75, 3.05) is 6.54 Å². The maximum Gasteiger partial charge on any atom is 0.306 e. The molecule has 5 nitrogen and oxygen atoms in total. The van der Waals surface area contributed by atoms with E-state index in [1.54, 1.807) is 12.3 Å². The molecule has 0 N–H and O–H groups in total. The minimum atomic E-state index is -3.07. The van der Waals surface area contributed by atoms with Gasteiger partial charge in [0.25, 0.3) is 5.92 Å². The molecule has 2 heterocycles. The van der Waals surface area contributed by atoms with Crippen LogP contribution in [0, 0.1) is 6.57 Å². The lowest BCUT2D eigenvalue weighted by Gasteiger charge is -2.16. The molecule has 34 heavy (non-hydrogen) atoms. The molecule has 3 aromatic rings. The number of halogens is 2. The molecule has 1 aromatic heterocycles. The van der Waals surface area contributed by atoms with Gasteiger partial charge in [-0.2, -0.15) is 0 Å². The highest BCUT2D eigenvalue weighted by atomic mass is 19.3. The quantitative estimate of drug-likeness (QED) is 0.376. The fourth-order valence-corrected chi connectivity index (χ4v) is 4.99. The largest absolute Gasteiger partial charge is 0.306 e. The van der Waals surface area contributed by atoms with Gasteiger partial charge in [-0.05, 0) is 59.7 Å². The number of hydrogen-bond donors (Lipinski definition) is 0. The van der Waals surface area contributed by atoms with E-state index in [1.165, 1.54) is 17.5 Å². The second-order valence-corrected chi connectivity index (χ2v) is 9.04. The summed E-state index contributed by atoms with van der Waals surface area (Å²) in [6.07, 6.45) is 2.76. The number of alkyl halides is 2. The Hall–Kier alpha value is -3.66. The van der Waals surface area contributed by atoms with Crippen LogP contribution in [0.15, 0.2) is 48.7 Å². The van der Waals surface area contributed by atoms with Crippen molar-refractivity contribution in [2.45, 2.75) is 50.6 Å². The smallest absolute Gasteiger partial charge is 0.294 e. The van der Waals surface area contributed by atoms with E-state index in [9.17, 15) is 18.4 Å². The Morgan fingerprint density at radius 2 is 1.82 bits per heavy atom. The van der Waals surface area contributed by atoms with Gasteiger partial charge in [0.15, 0.2) is 5.78 Å². The van der Waals surface area contributed by atoms with Gasteiger partial charge in [-0.15, -0.1) is 0 Å². The summed E-state index contributed by atoms with van der Waals surface area (Å²) in [7, 11) is 0. The van der Waals surface area contributed by atoms with Crippen LogP contribution in [0.25, 0.3) is 26.9 Å². The zero-order valence-electron chi connectivity index (χ0n) is 18.6. The maximum atomic E-state index is 13.7. The Bertz CT molecular complexity index is 1350. The van der Waals surface area contributed by atoms with Crippen LogP contribution in [-0.4, -0.2) is 40.2 Å². The summed E-state index contributed by atoms with van der Waals surface area (Å²) in [4.78, 5) is 34.0. The van der Waals surface area contributed by atoms with E-state index in [2.05, 4.69) is 28.0 Å². The van der Waals surface area contributed by atoms with Crippen molar-refractivity contribution >= 4 is 22.6 Å². The molecule has 1 saturated heterocycles. The van der Waals surface area contributed by atoms with E-state index in [-0.39, 0.29) is 18.6 Å². The highest BCUT2D eigenvalue weighted by Gasteiger charge is 2.50. The number of benzene rings is 2.